The quantitative estimate of drug-likeness (QED) is 0.854. The van der Waals surface area contributed by atoms with Gasteiger partial charge in [0.25, 0.3) is 5.91 Å². The molecule has 25 heavy (non-hydrogen) atoms. The zero-order chi connectivity index (χ0) is 17.8. The molecule has 7 nitrogen and oxygen atoms in total. The van der Waals surface area contributed by atoms with Gasteiger partial charge in [0.05, 0.1) is 13.0 Å². The molecule has 0 spiro atoms. The standard InChI is InChI=1S/C18H20N2O5/c1-24-17(22)12-6-8-20(9-7-12)16(21)11-25-18(23)15-10-13-4-2-3-5-14(13)19-15/h2-5,10,12,19H,6-9,11H2,1H3. The van der Waals surface area contributed by atoms with Crippen LogP contribution in [0.2, 0.25) is 0 Å². The maximum Gasteiger partial charge on any atom is 0.355 e. The minimum Gasteiger partial charge on any atom is -0.469 e. The number of hydrogen-bond donors (Lipinski definition) is 1. The molecule has 3 rings (SSSR count). The van der Waals surface area contributed by atoms with Crippen LogP contribution in [0.1, 0.15) is 23.3 Å². The van der Waals surface area contributed by atoms with Crippen LogP contribution in [0.25, 0.3) is 10.9 Å². The summed E-state index contributed by atoms with van der Waals surface area (Å²) < 4.78 is 9.84. The number of amides is 1. The predicted octanol–water partition coefficient (Wildman–Crippen LogP) is 1.74. The highest BCUT2D eigenvalue weighted by atomic mass is 16.5. The van der Waals surface area contributed by atoms with Gasteiger partial charge in [-0.1, -0.05) is 18.2 Å². The van der Waals surface area contributed by atoms with E-state index in [1.807, 2.05) is 24.3 Å². The van der Waals surface area contributed by atoms with E-state index in [0.717, 1.165) is 10.9 Å². The number of likely N-dealkylation sites (tertiary alicyclic amines) is 1. The second-order valence-corrected chi connectivity index (χ2v) is 6.02. The van der Waals surface area contributed by atoms with E-state index < -0.39 is 5.97 Å². The number of para-hydroxylation sites is 1. The van der Waals surface area contributed by atoms with E-state index >= 15 is 0 Å². The van der Waals surface area contributed by atoms with Gasteiger partial charge in [0.2, 0.25) is 0 Å². The number of ether oxygens (including phenoxy) is 2. The fourth-order valence-electron chi connectivity index (χ4n) is 3.01. The molecule has 132 valence electrons. The van der Waals surface area contributed by atoms with Gasteiger partial charge < -0.3 is 19.4 Å². The largest absolute Gasteiger partial charge is 0.469 e. The number of nitrogens with one attached hydrogen (secondary N) is 1. The third-order valence-corrected chi connectivity index (χ3v) is 4.46. The summed E-state index contributed by atoms with van der Waals surface area (Å²) in [5.74, 6) is -1.22. The number of aromatic amines is 1. The Morgan fingerprint density at radius 3 is 2.60 bits per heavy atom. The summed E-state index contributed by atoms with van der Waals surface area (Å²) in [5, 5.41) is 0.908. The normalized spacial score (nSPS) is 15.2. The highest BCUT2D eigenvalue weighted by Crippen LogP contribution is 2.19. The van der Waals surface area contributed by atoms with Crippen molar-refractivity contribution >= 4 is 28.7 Å². The first-order valence-corrected chi connectivity index (χ1v) is 8.19. The van der Waals surface area contributed by atoms with Crippen LogP contribution in [0.3, 0.4) is 0 Å². The molecule has 1 saturated heterocycles. The Hall–Kier alpha value is -2.83. The van der Waals surface area contributed by atoms with E-state index in [-0.39, 0.29) is 24.4 Å². The first-order chi connectivity index (χ1) is 12.1. The van der Waals surface area contributed by atoms with Gasteiger partial charge in [0, 0.05) is 24.0 Å². The van der Waals surface area contributed by atoms with E-state index in [1.165, 1.54) is 7.11 Å². The number of carbonyl (C=O) groups is 3. The summed E-state index contributed by atoms with van der Waals surface area (Å²) in [6.45, 7) is 0.613. The first kappa shape index (κ1) is 17.0. The molecule has 2 heterocycles. The van der Waals surface area contributed by atoms with E-state index in [0.29, 0.717) is 31.6 Å². The van der Waals surface area contributed by atoms with Gasteiger partial charge in [-0.25, -0.2) is 4.79 Å². The lowest BCUT2D eigenvalue weighted by Crippen LogP contribution is -2.42. The molecule has 0 saturated carbocycles. The molecule has 1 aliphatic heterocycles. The number of hydrogen-bond acceptors (Lipinski definition) is 5. The molecule has 2 aromatic rings. The van der Waals surface area contributed by atoms with Crippen LogP contribution in [0.5, 0.6) is 0 Å². The van der Waals surface area contributed by atoms with Crippen molar-refractivity contribution in [3.63, 3.8) is 0 Å². The van der Waals surface area contributed by atoms with Crippen LogP contribution in [-0.2, 0) is 19.1 Å². The molecule has 0 radical (unpaired) electrons. The minimum atomic E-state index is -0.561. The van der Waals surface area contributed by atoms with Gasteiger partial charge in [0.1, 0.15) is 5.69 Å². The van der Waals surface area contributed by atoms with Crippen molar-refractivity contribution in [3.8, 4) is 0 Å². The van der Waals surface area contributed by atoms with Crippen LogP contribution in [0.15, 0.2) is 30.3 Å². The van der Waals surface area contributed by atoms with Crippen molar-refractivity contribution < 1.29 is 23.9 Å². The van der Waals surface area contributed by atoms with Gasteiger partial charge in [-0.3, -0.25) is 9.59 Å². The number of carbonyl (C=O) groups excluding carboxylic acids is 3. The van der Waals surface area contributed by atoms with Crippen molar-refractivity contribution in [3.05, 3.63) is 36.0 Å². The van der Waals surface area contributed by atoms with Gasteiger partial charge in [0.15, 0.2) is 6.61 Å². The van der Waals surface area contributed by atoms with Crippen LogP contribution < -0.4 is 0 Å². The molecule has 1 aliphatic rings. The molecular formula is C18H20N2O5. The number of piperidine rings is 1. The molecule has 0 bridgehead atoms. The zero-order valence-corrected chi connectivity index (χ0v) is 14.0. The van der Waals surface area contributed by atoms with Gasteiger partial charge in [-0.05, 0) is 25.0 Å². The highest BCUT2D eigenvalue weighted by molar-refractivity contribution is 5.95. The fourth-order valence-corrected chi connectivity index (χ4v) is 3.01. The molecule has 0 aliphatic carbocycles. The third kappa shape index (κ3) is 3.81. The monoisotopic (exact) mass is 344 g/mol. The predicted molar refractivity (Wildman–Crippen MR) is 89.9 cm³/mol. The van der Waals surface area contributed by atoms with Crippen molar-refractivity contribution in [1.82, 2.24) is 9.88 Å². The minimum absolute atomic E-state index is 0.164. The Bertz CT molecular complexity index is 757. The molecule has 7 heteroatoms. The van der Waals surface area contributed by atoms with Crippen molar-refractivity contribution in [2.75, 3.05) is 26.8 Å². The Morgan fingerprint density at radius 2 is 1.92 bits per heavy atom. The number of fused-ring (bicyclic) bond motifs is 1. The first-order valence-electron chi connectivity index (χ1n) is 8.19. The number of esters is 2. The van der Waals surface area contributed by atoms with Crippen LogP contribution in [-0.4, -0.2) is 54.5 Å². The Labute approximate surface area is 144 Å². The lowest BCUT2D eigenvalue weighted by molar-refractivity contribution is -0.149. The van der Waals surface area contributed by atoms with E-state index in [4.69, 9.17) is 9.47 Å². The summed E-state index contributed by atoms with van der Waals surface area (Å²) in [5.41, 5.74) is 1.16. The zero-order valence-electron chi connectivity index (χ0n) is 14.0. The van der Waals surface area contributed by atoms with Crippen molar-refractivity contribution in [1.29, 1.82) is 0 Å². The van der Waals surface area contributed by atoms with Crippen molar-refractivity contribution in [2.24, 2.45) is 5.92 Å². The second kappa shape index (κ2) is 7.38. The summed E-state index contributed by atoms with van der Waals surface area (Å²) in [6, 6.07) is 9.20. The third-order valence-electron chi connectivity index (χ3n) is 4.46. The van der Waals surface area contributed by atoms with Crippen molar-refractivity contribution in [2.45, 2.75) is 12.8 Å². The van der Waals surface area contributed by atoms with E-state index in [1.54, 1.807) is 11.0 Å². The molecule has 1 aromatic heterocycles. The second-order valence-electron chi connectivity index (χ2n) is 6.02. The number of methoxy groups -OCH3 is 1. The van der Waals surface area contributed by atoms with Crippen LogP contribution >= 0.6 is 0 Å². The topological polar surface area (TPSA) is 88.7 Å². The Kier molecular flexibility index (Phi) is 5.02. The van der Waals surface area contributed by atoms with Gasteiger partial charge in [-0.2, -0.15) is 0 Å². The molecule has 1 N–H and O–H groups in total. The van der Waals surface area contributed by atoms with Gasteiger partial charge in [-0.15, -0.1) is 0 Å². The SMILES string of the molecule is COC(=O)C1CCN(C(=O)COC(=O)c2cc3ccccc3[nH]2)CC1. The number of rotatable bonds is 4. The summed E-state index contributed by atoms with van der Waals surface area (Å²) in [4.78, 5) is 40.3. The number of nitrogens with zero attached hydrogens (tertiary/aromatic N) is 1. The molecule has 1 fully saturated rings. The maximum atomic E-state index is 12.2. The average Bonchev–Trinajstić information content (AvgIpc) is 3.09. The maximum absolute atomic E-state index is 12.2. The Balaban J connectivity index is 1.50. The molecule has 1 amide bonds. The number of benzene rings is 1. The van der Waals surface area contributed by atoms with E-state index in [2.05, 4.69) is 4.98 Å². The Morgan fingerprint density at radius 1 is 1.20 bits per heavy atom. The summed E-state index contributed by atoms with van der Waals surface area (Å²) >= 11 is 0. The van der Waals surface area contributed by atoms with Gasteiger partial charge >= 0.3 is 11.9 Å². The lowest BCUT2D eigenvalue weighted by Gasteiger charge is -2.30. The number of aromatic nitrogens is 1. The molecule has 0 atom stereocenters. The smallest absolute Gasteiger partial charge is 0.355 e. The lowest BCUT2D eigenvalue weighted by atomic mass is 9.97. The molecular weight excluding hydrogens is 324 g/mol. The van der Waals surface area contributed by atoms with Crippen LogP contribution in [0.4, 0.5) is 0 Å². The highest BCUT2D eigenvalue weighted by Gasteiger charge is 2.28. The molecule has 0 unspecified atom stereocenters. The van der Waals surface area contributed by atoms with Crippen LogP contribution in [0, 0.1) is 5.92 Å². The summed E-state index contributed by atoms with van der Waals surface area (Å²) in [6.07, 6.45) is 1.13. The average molecular weight is 344 g/mol. The fraction of sp³-hybridized carbons (Fsp3) is 0.389. The molecule has 1 aromatic carbocycles. The van der Waals surface area contributed by atoms with E-state index in [9.17, 15) is 14.4 Å². The number of H-pyrrole nitrogens is 1. The summed E-state index contributed by atoms with van der Waals surface area (Å²) in [7, 11) is 1.36.